The van der Waals surface area contributed by atoms with Crippen molar-refractivity contribution >= 4 is 39.0 Å². The molecule has 0 amide bonds. The van der Waals surface area contributed by atoms with Crippen LogP contribution in [0, 0.1) is 0 Å². The van der Waals surface area contributed by atoms with Crippen LogP contribution < -0.4 is 10.5 Å². The Labute approximate surface area is 107 Å². The summed E-state index contributed by atoms with van der Waals surface area (Å²) >= 11 is 6.52. The van der Waals surface area contributed by atoms with E-state index in [9.17, 15) is 8.42 Å². The summed E-state index contributed by atoms with van der Waals surface area (Å²) in [5.41, 5.74) is 5.34. The van der Waals surface area contributed by atoms with Crippen LogP contribution in [0.2, 0.25) is 0 Å². The smallest absolute Gasteiger partial charge is 0.220 e. The predicted molar refractivity (Wildman–Crippen MR) is 73.3 cm³/mol. The standard InChI is InChI=1S/C9H18N2O2S3/c1-7(9(10)14)16(12,13)11-6-8-4-2-3-5-15-8/h7-8,11H,2-6H2,1H3,(H2,10,14). The van der Waals surface area contributed by atoms with Crippen LogP contribution in [0.25, 0.3) is 0 Å². The second kappa shape index (κ2) is 6.18. The normalized spacial score (nSPS) is 23.9. The number of thiocarbonyl (C=S) groups is 1. The van der Waals surface area contributed by atoms with Gasteiger partial charge in [0, 0.05) is 11.8 Å². The maximum absolute atomic E-state index is 11.7. The van der Waals surface area contributed by atoms with Gasteiger partial charge in [-0.05, 0) is 25.5 Å². The molecule has 2 unspecified atom stereocenters. The zero-order valence-corrected chi connectivity index (χ0v) is 11.8. The van der Waals surface area contributed by atoms with Crippen molar-refractivity contribution in [3.63, 3.8) is 0 Å². The maximum Gasteiger partial charge on any atom is 0.220 e. The molecule has 1 aliphatic heterocycles. The molecule has 0 aromatic rings. The zero-order valence-electron chi connectivity index (χ0n) is 9.31. The molecule has 0 spiro atoms. The summed E-state index contributed by atoms with van der Waals surface area (Å²) in [6.45, 7) is 2.00. The third-order valence-electron chi connectivity index (χ3n) is 2.65. The van der Waals surface area contributed by atoms with Crippen molar-refractivity contribution in [3.8, 4) is 0 Å². The Balaban J connectivity index is 2.44. The van der Waals surface area contributed by atoms with Crippen LogP contribution in [0.15, 0.2) is 0 Å². The average molecular weight is 282 g/mol. The molecule has 1 aliphatic rings. The van der Waals surface area contributed by atoms with Gasteiger partial charge in [-0.25, -0.2) is 13.1 Å². The first-order valence-corrected chi connectivity index (χ1v) is 8.33. The first kappa shape index (κ1) is 14.2. The van der Waals surface area contributed by atoms with Gasteiger partial charge in [0.15, 0.2) is 0 Å². The predicted octanol–water partition coefficient (Wildman–Crippen LogP) is 0.866. The van der Waals surface area contributed by atoms with E-state index >= 15 is 0 Å². The number of sulfonamides is 1. The molecule has 0 radical (unpaired) electrons. The summed E-state index contributed by atoms with van der Waals surface area (Å²) in [5.74, 6) is 1.12. The summed E-state index contributed by atoms with van der Waals surface area (Å²) < 4.78 is 26.0. The number of thioether (sulfide) groups is 1. The minimum Gasteiger partial charge on any atom is -0.392 e. The molecule has 1 rings (SSSR count). The van der Waals surface area contributed by atoms with E-state index in [1.165, 1.54) is 19.8 Å². The van der Waals surface area contributed by atoms with Gasteiger partial charge in [0.05, 0.1) is 4.99 Å². The van der Waals surface area contributed by atoms with E-state index in [0.29, 0.717) is 11.8 Å². The average Bonchev–Trinajstić information content (AvgIpc) is 2.27. The minimum absolute atomic E-state index is 0.0174. The fraction of sp³-hybridized carbons (Fsp3) is 0.889. The Hall–Kier alpha value is 0.150. The van der Waals surface area contributed by atoms with E-state index in [1.54, 1.807) is 0 Å². The van der Waals surface area contributed by atoms with E-state index in [2.05, 4.69) is 4.72 Å². The molecule has 0 bridgehead atoms. The number of rotatable bonds is 5. The first-order valence-electron chi connectivity index (χ1n) is 5.33. The van der Waals surface area contributed by atoms with Gasteiger partial charge in [0.1, 0.15) is 5.25 Å². The topological polar surface area (TPSA) is 72.2 Å². The lowest BCUT2D eigenvalue weighted by Crippen LogP contribution is -2.42. The molecule has 7 heteroatoms. The lowest BCUT2D eigenvalue weighted by Gasteiger charge is -2.22. The van der Waals surface area contributed by atoms with Crippen molar-refractivity contribution in [2.75, 3.05) is 12.3 Å². The van der Waals surface area contributed by atoms with Crippen molar-refractivity contribution in [1.82, 2.24) is 4.72 Å². The van der Waals surface area contributed by atoms with Crippen LogP contribution in [-0.2, 0) is 10.0 Å². The third-order valence-corrected chi connectivity index (χ3v) is 6.31. The van der Waals surface area contributed by atoms with Gasteiger partial charge in [0.25, 0.3) is 0 Å². The van der Waals surface area contributed by atoms with Crippen molar-refractivity contribution in [1.29, 1.82) is 0 Å². The van der Waals surface area contributed by atoms with Crippen LogP contribution in [0.4, 0.5) is 0 Å². The number of hydrogen-bond donors (Lipinski definition) is 2. The zero-order chi connectivity index (χ0) is 12.2. The summed E-state index contributed by atoms with van der Waals surface area (Å²) in [6.07, 6.45) is 3.50. The molecule has 2 atom stereocenters. The first-order chi connectivity index (χ1) is 7.43. The van der Waals surface area contributed by atoms with Gasteiger partial charge >= 0.3 is 0 Å². The van der Waals surface area contributed by atoms with E-state index in [1.807, 2.05) is 11.8 Å². The number of nitrogens with one attached hydrogen (secondary N) is 1. The lowest BCUT2D eigenvalue weighted by molar-refractivity contribution is 0.571. The quantitative estimate of drug-likeness (QED) is 0.732. The van der Waals surface area contributed by atoms with Gasteiger partial charge in [-0.2, -0.15) is 11.8 Å². The second-order valence-electron chi connectivity index (χ2n) is 3.93. The number of nitrogens with two attached hydrogens (primary N) is 1. The van der Waals surface area contributed by atoms with Gasteiger partial charge in [-0.1, -0.05) is 18.6 Å². The molecule has 1 saturated heterocycles. The van der Waals surface area contributed by atoms with Gasteiger partial charge < -0.3 is 5.73 Å². The van der Waals surface area contributed by atoms with E-state index < -0.39 is 15.3 Å². The van der Waals surface area contributed by atoms with Crippen LogP contribution >= 0.6 is 24.0 Å². The summed E-state index contributed by atoms with van der Waals surface area (Å²) in [6, 6.07) is 0. The SMILES string of the molecule is CC(C(N)=S)S(=O)(=O)NCC1CCCCS1. The Bertz CT molecular complexity index is 337. The monoisotopic (exact) mass is 282 g/mol. The molecule has 3 N–H and O–H groups in total. The largest absolute Gasteiger partial charge is 0.392 e. The van der Waals surface area contributed by atoms with Crippen molar-refractivity contribution in [2.45, 2.75) is 36.7 Å². The van der Waals surface area contributed by atoms with Crippen LogP contribution in [-0.4, -0.2) is 36.2 Å². The molecule has 94 valence electrons. The highest BCUT2D eigenvalue weighted by molar-refractivity contribution is 8.00. The van der Waals surface area contributed by atoms with Crippen molar-refractivity contribution in [2.24, 2.45) is 5.73 Å². The lowest BCUT2D eigenvalue weighted by atomic mass is 10.2. The molecule has 16 heavy (non-hydrogen) atoms. The summed E-state index contributed by atoms with van der Waals surface area (Å²) in [7, 11) is -3.39. The highest BCUT2D eigenvalue weighted by atomic mass is 32.2. The van der Waals surface area contributed by atoms with Crippen LogP contribution in [0.3, 0.4) is 0 Å². The fourth-order valence-corrected chi connectivity index (χ4v) is 4.17. The highest BCUT2D eigenvalue weighted by Gasteiger charge is 2.24. The molecule has 0 aromatic heterocycles. The van der Waals surface area contributed by atoms with E-state index in [4.69, 9.17) is 18.0 Å². The molecular weight excluding hydrogens is 264 g/mol. The summed E-state index contributed by atoms with van der Waals surface area (Å²) in [4.78, 5) is 0.0174. The molecule has 0 aromatic carbocycles. The highest BCUT2D eigenvalue weighted by Crippen LogP contribution is 2.24. The fourth-order valence-electron chi connectivity index (χ4n) is 1.46. The van der Waals surface area contributed by atoms with E-state index in [-0.39, 0.29) is 4.99 Å². The van der Waals surface area contributed by atoms with Crippen LogP contribution in [0.1, 0.15) is 26.2 Å². The number of hydrogen-bond acceptors (Lipinski definition) is 4. The molecule has 1 heterocycles. The molecule has 1 fully saturated rings. The van der Waals surface area contributed by atoms with Crippen molar-refractivity contribution in [3.05, 3.63) is 0 Å². The van der Waals surface area contributed by atoms with Gasteiger partial charge in [-0.3, -0.25) is 0 Å². The third kappa shape index (κ3) is 4.20. The van der Waals surface area contributed by atoms with Gasteiger partial charge in [0.2, 0.25) is 10.0 Å². The Morgan fingerprint density at radius 3 is 2.81 bits per heavy atom. The molecule has 4 nitrogen and oxygen atoms in total. The van der Waals surface area contributed by atoms with E-state index in [0.717, 1.165) is 12.2 Å². The Morgan fingerprint density at radius 1 is 1.62 bits per heavy atom. The molecule has 0 saturated carbocycles. The van der Waals surface area contributed by atoms with Gasteiger partial charge in [-0.15, -0.1) is 0 Å². The van der Waals surface area contributed by atoms with Crippen molar-refractivity contribution < 1.29 is 8.42 Å². The minimum atomic E-state index is -3.39. The Kier molecular flexibility index (Phi) is 5.49. The molecule has 0 aliphatic carbocycles. The molecular formula is C9H18N2O2S3. The Morgan fingerprint density at radius 2 is 2.31 bits per heavy atom. The second-order valence-corrected chi connectivity index (χ2v) is 7.89. The van der Waals surface area contributed by atoms with Crippen LogP contribution in [0.5, 0.6) is 0 Å². The summed E-state index contributed by atoms with van der Waals surface area (Å²) in [5, 5.41) is -0.404. The maximum atomic E-state index is 11.7.